The summed E-state index contributed by atoms with van der Waals surface area (Å²) in [6.45, 7) is 0. The number of fused-ring (bicyclic) bond motifs is 3. The summed E-state index contributed by atoms with van der Waals surface area (Å²) < 4.78 is 2.47. The average molecular weight is 644 g/mol. The minimum absolute atomic E-state index is 0.654. The average Bonchev–Trinajstić information content (AvgIpc) is 3.57. The van der Waals surface area contributed by atoms with E-state index in [1.54, 1.807) is 0 Å². The van der Waals surface area contributed by atoms with Crippen molar-refractivity contribution in [2.45, 2.75) is 0 Å². The van der Waals surface area contributed by atoms with Gasteiger partial charge in [-0.25, -0.2) is 15.0 Å². The standard InChI is InChI=1S/C45H29N3S/c1-4-11-30(12-5-1)32-19-23-34(24-20-32)38-17-10-18-40-42(38)39-28-27-37(29-41(39)49-40)45-47-43(35-15-8-3-9-16-35)46-44(48-45)36-25-21-33(22-26-36)31-13-6-2-7-14-31/h1-29H. The molecule has 0 aliphatic carbocycles. The van der Waals surface area contributed by atoms with Crippen molar-refractivity contribution in [2.24, 2.45) is 0 Å². The fourth-order valence-electron chi connectivity index (χ4n) is 6.47. The van der Waals surface area contributed by atoms with E-state index in [4.69, 9.17) is 15.0 Å². The highest BCUT2D eigenvalue weighted by molar-refractivity contribution is 7.26. The first-order chi connectivity index (χ1) is 24.3. The number of hydrogen-bond acceptors (Lipinski definition) is 4. The van der Waals surface area contributed by atoms with Crippen LogP contribution < -0.4 is 0 Å². The van der Waals surface area contributed by atoms with Crippen LogP contribution in [0.4, 0.5) is 0 Å². The molecular weight excluding hydrogens is 615 g/mol. The Labute approximate surface area is 288 Å². The Bertz CT molecular complexity index is 2560. The van der Waals surface area contributed by atoms with Gasteiger partial charge in [-0.3, -0.25) is 0 Å². The Kier molecular flexibility index (Phi) is 7.34. The number of aromatic nitrogens is 3. The van der Waals surface area contributed by atoms with Crippen LogP contribution in [0.3, 0.4) is 0 Å². The number of rotatable bonds is 6. The first-order valence-corrected chi connectivity index (χ1v) is 17.2. The molecule has 0 aliphatic rings. The van der Waals surface area contributed by atoms with Crippen LogP contribution in [0.1, 0.15) is 0 Å². The maximum atomic E-state index is 5.04. The lowest BCUT2D eigenvalue weighted by molar-refractivity contribution is 1.07. The molecule has 9 aromatic rings. The van der Waals surface area contributed by atoms with Crippen LogP contribution >= 0.6 is 11.3 Å². The zero-order valence-corrected chi connectivity index (χ0v) is 27.3. The molecule has 2 aromatic heterocycles. The molecule has 0 atom stereocenters. The first kappa shape index (κ1) is 29.0. The maximum absolute atomic E-state index is 5.04. The number of benzene rings is 7. The van der Waals surface area contributed by atoms with Gasteiger partial charge in [0.05, 0.1) is 0 Å². The molecule has 3 nitrogen and oxygen atoms in total. The lowest BCUT2D eigenvalue weighted by Gasteiger charge is -2.09. The van der Waals surface area contributed by atoms with Crippen molar-refractivity contribution in [3.63, 3.8) is 0 Å². The fraction of sp³-hybridized carbons (Fsp3) is 0. The van der Waals surface area contributed by atoms with Gasteiger partial charge in [0.1, 0.15) is 0 Å². The third kappa shape index (κ3) is 5.58. The Morgan fingerprint density at radius 2 is 0.735 bits per heavy atom. The Morgan fingerprint density at radius 1 is 0.306 bits per heavy atom. The summed E-state index contributed by atoms with van der Waals surface area (Å²) >= 11 is 1.81. The molecule has 0 spiro atoms. The van der Waals surface area contributed by atoms with Gasteiger partial charge >= 0.3 is 0 Å². The van der Waals surface area contributed by atoms with E-state index in [-0.39, 0.29) is 0 Å². The molecule has 49 heavy (non-hydrogen) atoms. The van der Waals surface area contributed by atoms with Crippen molar-refractivity contribution in [3.05, 3.63) is 176 Å². The van der Waals surface area contributed by atoms with E-state index in [1.165, 1.54) is 48.0 Å². The third-order valence-corrected chi connectivity index (χ3v) is 10.1. The lowest BCUT2D eigenvalue weighted by Crippen LogP contribution is -2.00. The van der Waals surface area contributed by atoms with Gasteiger partial charge in [-0.15, -0.1) is 11.3 Å². The largest absolute Gasteiger partial charge is 0.208 e. The van der Waals surface area contributed by atoms with Gasteiger partial charge in [-0.1, -0.05) is 164 Å². The van der Waals surface area contributed by atoms with Gasteiger partial charge in [-0.05, 0) is 45.5 Å². The molecule has 7 aromatic carbocycles. The summed E-state index contributed by atoms with van der Waals surface area (Å²) in [6.07, 6.45) is 0. The summed E-state index contributed by atoms with van der Waals surface area (Å²) in [4.78, 5) is 15.0. The van der Waals surface area contributed by atoms with Crippen molar-refractivity contribution in [1.82, 2.24) is 15.0 Å². The normalized spacial score (nSPS) is 11.3. The second-order valence-corrected chi connectivity index (χ2v) is 13.1. The summed E-state index contributed by atoms with van der Waals surface area (Å²) in [6, 6.07) is 61.6. The monoisotopic (exact) mass is 643 g/mol. The zero-order valence-electron chi connectivity index (χ0n) is 26.5. The van der Waals surface area contributed by atoms with Gasteiger partial charge in [0.2, 0.25) is 0 Å². The van der Waals surface area contributed by atoms with Crippen LogP contribution in [0.5, 0.6) is 0 Å². The molecule has 9 rings (SSSR count). The van der Waals surface area contributed by atoms with E-state index < -0.39 is 0 Å². The van der Waals surface area contributed by atoms with Gasteiger partial charge in [-0.2, -0.15) is 0 Å². The van der Waals surface area contributed by atoms with Crippen LogP contribution in [0.25, 0.3) is 87.7 Å². The number of hydrogen-bond donors (Lipinski definition) is 0. The Hall–Kier alpha value is -6.23. The molecule has 0 bridgehead atoms. The second kappa shape index (κ2) is 12.4. The molecule has 0 unspecified atom stereocenters. The molecule has 0 radical (unpaired) electrons. The highest BCUT2D eigenvalue weighted by atomic mass is 32.1. The molecule has 0 amide bonds. The van der Waals surface area contributed by atoms with Crippen molar-refractivity contribution in [2.75, 3.05) is 0 Å². The van der Waals surface area contributed by atoms with Gasteiger partial charge in [0, 0.05) is 36.9 Å². The molecule has 230 valence electrons. The van der Waals surface area contributed by atoms with Crippen molar-refractivity contribution < 1.29 is 0 Å². The Balaban J connectivity index is 1.13. The van der Waals surface area contributed by atoms with E-state index in [9.17, 15) is 0 Å². The molecule has 0 aliphatic heterocycles. The highest BCUT2D eigenvalue weighted by Crippen LogP contribution is 2.41. The van der Waals surface area contributed by atoms with Gasteiger partial charge in [0.15, 0.2) is 17.5 Å². The molecule has 0 saturated heterocycles. The zero-order chi connectivity index (χ0) is 32.6. The maximum Gasteiger partial charge on any atom is 0.164 e. The summed E-state index contributed by atoms with van der Waals surface area (Å²) in [5.41, 5.74) is 10.1. The topological polar surface area (TPSA) is 38.7 Å². The predicted octanol–water partition coefficient (Wildman–Crippen LogP) is 12.2. The predicted molar refractivity (Wildman–Crippen MR) is 205 cm³/mol. The van der Waals surface area contributed by atoms with E-state index in [0.717, 1.165) is 22.3 Å². The Morgan fingerprint density at radius 3 is 1.31 bits per heavy atom. The van der Waals surface area contributed by atoms with Crippen molar-refractivity contribution in [1.29, 1.82) is 0 Å². The highest BCUT2D eigenvalue weighted by Gasteiger charge is 2.16. The molecule has 0 fully saturated rings. The molecule has 2 heterocycles. The van der Waals surface area contributed by atoms with Crippen LogP contribution in [-0.4, -0.2) is 15.0 Å². The molecule has 0 saturated carbocycles. The third-order valence-electron chi connectivity index (χ3n) is 8.98. The summed E-state index contributed by atoms with van der Waals surface area (Å²) in [5.74, 6) is 1.97. The second-order valence-electron chi connectivity index (χ2n) is 12.1. The van der Waals surface area contributed by atoms with Crippen molar-refractivity contribution in [3.8, 4) is 67.5 Å². The first-order valence-electron chi connectivity index (χ1n) is 16.4. The van der Waals surface area contributed by atoms with E-state index >= 15 is 0 Å². The lowest BCUT2D eigenvalue weighted by atomic mass is 9.97. The number of nitrogens with zero attached hydrogens (tertiary/aromatic N) is 3. The van der Waals surface area contributed by atoms with Gasteiger partial charge < -0.3 is 0 Å². The quantitative estimate of drug-likeness (QED) is 0.181. The SMILES string of the molecule is c1ccc(-c2ccc(-c3nc(-c4ccccc4)nc(-c4ccc5c(c4)sc4cccc(-c6ccc(-c7ccccc7)cc6)c45)n3)cc2)cc1. The molecule has 0 N–H and O–H groups in total. The smallest absolute Gasteiger partial charge is 0.164 e. The van der Waals surface area contributed by atoms with E-state index in [0.29, 0.717) is 17.5 Å². The van der Waals surface area contributed by atoms with Crippen molar-refractivity contribution >= 4 is 31.5 Å². The molecular formula is C45H29N3S. The summed E-state index contributed by atoms with van der Waals surface area (Å²) in [7, 11) is 0. The van der Waals surface area contributed by atoms with Crippen LogP contribution in [0.15, 0.2) is 176 Å². The van der Waals surface area contributed by atoms with Gasteiger partial charge in [0.25, 0.3) is 0 Å². The van der Waals surface area contributed by atoms with Crippen LogP contribution in [-0.2, 0) is 0 Å². The van der Waals surface area contributed by atoms with E-state index in [2.05, 4.69) is 140 Å². The fourth-order valence-corrected chi connectivity index (χ4v) is 7.64. The number of thiophene rings is 1. The van der Waals surface area contributed by atoms with E-state index in [1.807, 2.05) is 47.7 Å². The molecule has 4 heteroatoms. The summed E-state index contributed by atoms with van der Waals surface area (Å²) in [5, 5.41) is 2.52. The van der Waals surface area contributed by atoms with Crippen LogP contribution in [0.2, 0.25) is 0 Å². The minimum Gasteiger partial charge on any atom is -0.208 e. The van der Waals surface area contributed by atoms with Crippen LogP contribution in [0, 0.1) is 0 Å². The minimum atomic E-state index is 0.654.